The van der Waals surface area contributed by atoms with E-state index in [-0.39, 0.29) is 19.0 Å². The minimum absolute atomic E-state index is 0.0368. The van der Waals surface area contributed by atoms with Gasteiger partial charge in [-0.25, -0.2) is 4.79 Å². The highest BCUT2D eigenvalue weighted by atomic mass is 35.5. The maximum absolute atomic E-state index is 12.9. The Morgan fingerprint density at radius 2 is 1.87 bits per heavy atom. The van der Waals surface area contributed by atoms with Gasteiger partial charge < -0.3 is 20.4 Å². The number of amides is 3. The van der Waals surface area contributed by atoms with Crippen LogP contribution in [0, 0.1) is 0 Å². The van der Waals surface area contributed by atoms with Gasteiger partial charge in [0.05, 0.1) is 17.0 Å². The molecule has 156 valence electrons. The normalized spacial score (nSPS) is 10.6. The molecule has 8 nitrogen and oxygen atoms in total. The van der Waals surface area contributed by atoms with Crippen LogP contribution in [0.5, 0.6) is 0 Å². The third-order valence-electron chi connectivity index (χ3n) is 4.30. The molecular weight excluding hydrogens is 406 g/mol. The number of nitrogens with zero attached hydrogens (tertiary/aromatic N) is 3. The summed E-state index contributed by atoms with van der Waals surface area (Å²) in [6, 6.07) is 13.8. The standard InChI is InChI=1S/C21H22ClN5O3/c1-2-11-27(21(29)24-17-10-6-3-7-14(17)12-18(23)28)13-19-25-26-20(30-19)15-8-4-5-9-16(15)22/h3-10H,2,11-13H2,1H3,(H2,23,28)(H,24,29). The van der Waals surface area contributed by atoms with Crippen LogP contribution in [0.15, 0.2) is 52.9 Å². The Balaban J connectivity index is 1.75. The molecule has 0 radical (unpaired) electrons. The molecule has 9 heteroatoms. The first-order chi connectivity index (χ1) is 14.5. The highest BCUT2D eigenvalue weighted by molar-refractivity contribution is 6.33. The zero-order valence-electron chi connectivity index (χ0n) is 16.5. The van der Waals surface area contributed by atoms with Crippen LogP contribution >= 0.6 is 11.6 Å². The number of aromatic nitrogens is 2. The number of urea groups is 1. The lowest BCUT2D eigenvalue weighted by atomic mass is 10.1. The van der Waals surface area contributed by atoms with Crippen molar-refractivity contribution in [3.8, 4) is 11.5 Å². The highest BCUT2D eigenvalue weighted by Crippen LogP contribution is 2.26. The first-order valence-electron chi connectivity index (χ1n) is 9.47. The number of hydrogen-bond acceptors (Lipinski definition) is 5. The number of primary amides is 1. The Labute approximate surface area is 179 Å². The van der Waals surface area contributed by atoms with Gasteiger partial charge in [-0.1, -0.05) is 48.9 Å². The SMILES string of the molecule is CCCN(Cc1nnc(-c2ccccc2Cl)o1)C(=O)Nc1ccccc1CC(N)=O. The predicted molar refractivity (Wildman–Crippen MR) is 114 cm³/mol. The minimum atomic E-state index is -0.472. The number of anilines is 1. The van der Waals surface area contributed by atoms with Crippen LogP contribution in [0.25, 0.3) is 11.5 Å². The van der Waals surface area contributed by atoms with Crippen LogP contribution < -0.4 is 11.1 Å². The number of benzene rings is 2. The molecular formula is C21H22ClN5O3. The van der Waals surface area contributed by atoms with Crippen LogP contribution in [-0.2, 0) is 17.8 Å². The average Bonchev–Trinajstić information content (AvgIpc) is 3.17. The van der Waals surface area contributed by atoms with Crippen LogP contribution in [0.4, 0.5) is 10.5 Å². The fourth-order valence-electron chi connectivity index (χ4n) is 2.92. The number of hydrogen-bond donors (Lipinski definition) is 2. The van der Waals surface area contributed by atoms with E-state index in [0.29, 0.717) is 40.2 Å². The lowest BCUT2D eigenvalue weighted by Crippen LogP contribution is -2.35. The highest BCUT2D eigenvalue weighted by Gasteiger charge is 2.19. The van der Waals surface area contributed by atoms with E-state index < -0.39 is 5.91 Å². The van der Waals surface area contributed by atoms with Crippen LogP contribution in [-0.4, -0.2) is 33.6 Å². The Hall–Kier alpha value is -3.39. The van der Waals surface area contributed by atoms with Gasteiger partial charge in [-0.2, -0.15) is 0 Å². The molecule has 3 N–H and O–H groups in total. The van der Waals surface area contributed by atoms with Gasteiger partial charge in [-0.05, 0) is 30.2 Å². The molecule has 0 bridgehead atoms. The fourth-order valence-corrected chi connectivity index (χ4v) is 3.14. The first-order valence-corrected chi connectivity index (χ1v) is 9.85. The van der Waals surface area contributed by atoms with Crippen molar-refractivity contribution in [1.82, 2.24) is 15.1 Å². The van der Waals surface area contributed by atoms with Gasteiger partial charge in [0.2, 0.25) is 17.7 Å². The summed E-state index contributed by atoms with van der Waals surface area (Å²) in [7, 11) is 0. The average molecular weight is 428 g/mol. The van der Waals surface area contributed by atoms with Gasteiger partial charge in [0, 0.05) is 12.2 Å². The molecule has 0 unspecified atom stereocenters. The summed E-state index contributed by atoms with van der Waals surface area (Å²) >= 11 is 6.18. The Kier molecular flexibility index (Phi) is 7.03. The summed E-state index contributed by atoms with van der Waals surface area (Å²) in [5.41, 5.74) is 7.10. The summed E-state index contributed by atoms with van der Waals surface area (Å²) in [4.78, 5) is 25.7. The maximum Gasteiger partial charge on any atom is 0.322 e. The Morgan fingerprint density at radius 3 is 2.60 bits per heavy atom. The van der Waals surface area contributed by atoms with Crippen molar-refractivity contribution in [2.24, 2.45) is 5.73 Å². The van der Waals surface area contributed by atoms with E-state index in [0.717, 1.165) is 6.42 Å². The predicted octanol–water partition coefficient (Wildman–Crippen LogP) is 3.86. The number of para-hydroxylation sites is 1. The van der Waals surface area contributed by atoms with Gasteiger partial charge in [0.25, 0.3) is 0 Å². The largest absolute Gasteiger partial charge is 0.419 e. The van der Waals surface area contributed by atoms with Crippen LogP contribution in [0.2, 0.25) is 5.02 Å². The topological polar surface area (TPSA) is 114 Å². The number of carbonyl (C=O) groups is 2. The van der Waals surface area contributed by atoms with Gasteiger partial charge in [0.15, 0.2) is 0 Å². The van der Waals surface area contributed by atoms with Crippen molar-refractivity contribution in [2.45, 2.75) is 26.3 Å². The number of halogens is 1. The molecule has 2 aromatic carbocycles. The number of rotatable bonds is 8. The van der Waals surface area contributed by atoms with Crippen molar-refractivity contribution < 1.29 is 14.0 Å². The van der Waals surface area contributed by atoms with Crippen molar-refractivity contribution in [3.05, 3.63) is 65.0 Å². The second-order valence-electron chi connectivity index (χ2n) is 6.63. The van der Waals surface area contributed by atoms with E-state index in [4.69, 9.17) is 21.8 Å². The molecule has 3 rings (SSSR count). The zero-order valence-corrected chi connectivity index (χ0v) is 17.2. The lowest BCUT2D eigenvalue weighted by molar-refractivity contribution is -0.117. The van der Waals surface area contributed by atoms with Crippen LogP contribution in [0.3, 0.4) is 0 Å². The summed E-state index contributed by atoms with van der Waals surface area (Å²) in [6.45, 7) is 2.58. The Morgan fingerprint density at radius 1 is 1.13 bits per heavy atom. The molecule has 3 amide bonds. The number of nitrogens with two attached hydrogens (primary N) is 1. The molecule has 0 atom stereocenters. The molecule has 1 heterocycles. The monoisotopic (exact) mass is 427 g/mol. The molecule has 30 heavy (non-hydrogen) atoms. The molecule has 3 aromatic rings. The minimum Gasteiger partial charge on any atom is -0.419 e. The maximum atomic E-state index is 12.9. The summed E-state index contributed by atoms with van der Waals surface area (Å²) in [6.07, 6.45) is 0.775. The molecule has 0 fully saturated rings. The third-order valence-corrected chi connectivity index (χ3v) is 4.63. The van der Waals surface area contributed by atoms with E-state index in [1.807, 2.05) is 19.1 Å². The third kappa shape index (κ3) is 5.36. The molecule has 0 aliphatic heterocycles. The van der Waals surface area contributed by atoms with Crippen molar-refractivity contribution in [1.29, 1.82) is 0 Å². The second kappa shape index (κ2) is 9.89. The van der Waals surface area contributed by atoms with E-state index in [1.54, 1.807) is 41.3 Å². The molecule has 0 aliphatic rings. The lowest BCUT2D eigenvalue weighted by Gasteiger charge is -2.21. The molecule has 0 spiro atoms. The number of nitrogens with one attached hydrogen (secondary N) is 1. The molecule has 0 saturated carbocycles. The number of carbonyl (C=O) groups excluding carboxylic acids is 2. The summed E-state index contributed by atoms with van der Waals surface area (Å²) < 4.78 is 5.71. The van der Waals surface area contributed by atoms with Crippen LogP contribution in [0.1, 0.15) is 24.8 Å². The quantitative estimate of drug-likeness (QED) is 0.566. The van der Waals surface area contributed by atoms with E-state index in [2.05, 4.69) is 15.5 Å². The Bertz CT molecular complexity index is 1040. The fraction of sp³-hybridized carbons (Fsp3) is 0.238. The van der Waals surface area contributed by atoms with Gasteiger partial charge in [-0.15, -0.1) is 10.2 Å². The molecule has 0 saturated heterocycles. The smallest absolute Gasteiger partial charge is 0.322 e. The zero-order chi connectivity index (χ0) is 21.5. The van der Waals surface area contributed by atoms with Gasteiger partial charge in [0.1, 0.15) is 6.54 Å². The molecule has 0 aliphatic carbocycles. The second-order valence-corrected chi connectivity index (χ2v) is 7.04. The van der Waals surface area contributed by atoms with E-state index in [9.17, 15) is 9.59 Å². The van der Waals surface area contributed by atoms with Crippen molar-refractivity contribution >= 4 is 29.2 Å². The van der Waals surface area contributed by atoms with Gasteiger partial charge in [-0.3, -0.25) is 4.79 Å². The van der Waals surface area contributed by atoms with E-state index in [1.165, 1.54) is 0 Å². The summed E-state index contributed by atoms with van der Waals surface area (Å²) in [5.74, 6) is 0.110. The molecule has 1 aromatic heterocycles. The van der Waals surface area contributed by atoms with Crippen molar-refractivity contribution in [2.75, 3.05) is 11.9 Å². The van der Waals surface area contributed by atoms with E-state index >= 15 is 0 Å². The van der Waals surface area contributed by atoms with Gasteiger partial charge >= 0.3 is 6.03 Å². The van der Waals surface area contributed by atoms with Crippen molar-refractivity contribution in [3.63, 3.8) is 0 Å². The first kappa shape index (κ1) is 21.3. The summed E-state index contributed by atoms with van der Waals surface area (Å²) in [5, 5.41) is 11.4.